The van der Waals surface area contributed by atoms with Crippen LogP contribution in [0.25, 0.3) is 0 Å². The SMILES string of the molecule is CC[C@H](C)C(/C=C/C(=O)NCC1O[C@@H](C(=O)N[C@@H](Cc2ccccc2)C2=NCCS2)[C@@H](OC)[C@@H]1OC)N(C)C(=O)[C@@H](NC(=O)[C@H](C(C)C)N(C)C)C(C)C. The zero-order valence-electron chi connectivity index (χ0n) is 34.0. The van der Waals surface area contributed by atoms with Crippen LogP contribution < -0.4 is 16.0 Å². The summed E-state index contributed by atoms with van der Waals surface area (Å²) in [5, 5.41) is 9.92. The van der Waals surface area contributed by atoms with Gasteiger partial charge in [0.05, 0.1) is 23.2 Å². The molecule has 3 rings (SSSR count). The van der Waals surface area contributed by atoms with Gasteiger partial charge in [-0.05, 0) is 43.8 Å². The number of hydrogen-bond acceptors (Lipinski definition) is 10. The van der Waals surface area contributed by atoms with Crippen LogP contribution >= 0.6 is 11.8 Å². The van der Waals surface area contributed by atoms with E-state index in [1.165, 1.54) is 20.3 Å². The number of nitrogens with zero attached hydrogens (tertiary/aromatic N) is 3. The normalized spacial score (nSPS) is 22.9. The van der Waals surface area contributed by atoms with Gasteiger partial charge in [0, 0.05) is 46.2 Å². The molecule has 2 aliphatic heterocycles. The van der Waals surface area contributed by atoms with Gasteiger partial charge >= 0.3 is 0 Å². The number of methoxy groups -OCH3 is 2. The molecule has 1 aromatic carbocycles. The third-order valence-electron chi connectivity index (χ3n) is 10.2. The van der Waals surface area contributed by atoms with Crippen molar-refractivity contribution in [2.24, 2.45) is 22.7 Å². The molecule has 9 atom stereocenters. The Hall–Kier alpha value is -3.30. The molecule has 0 spiro atoms. The molecule has 0 radical (unpaired) electrons. The summed E-state index contributed by atoms with van der Waals surface area (Å²) in [6.45, 7) is 12.6. The molecule has 13 nitrogen and oxygen atoms in total. The van der Waals surface area contributed by atoms with Gasteiger partial charge < -0.3 is 35.1 Å². The Morgan fingerprint density at radius 3 is 2.19 bits per heavy atom. The first-order valence-corrected chi connectivity index (χ1v) is 20.0. The van der Waals surface area contributed by atoms with Crippen molar-refractivity contribution in [1.82, 2.24) is 25.8 Å². The van der Waals surface area contributed by atoms with Crippen molar-refractivity contribution in [1.29, 1.82) is 0 Å². The average Bonchev–Trinajstić information content (AvgIpc) is 3.80. The van der Waals surface area contributed by atoms with Crippen molar-refractivity contribution in [3.8, 4) is 0 Å². The number of ether oxygens (including phenoxy) is 3. The van der Waals surface area contributed by atoms with Crippen molar-refractivity contribution in [3.05, 3.63) is 48.0 Å². The molecule has 0 aromatic heterocycles. The molecule has 2 aliphatic rings. The first kappa shape index (κ1) is 45.1. The fourth-order valence-electron chi connectivity index (χ4n) is 7.15. The van der Waals surface area contributed by atoms with Crippen LogP contribution in [0, 0.1) is 17.8 Å². The van der Waals surface area contributed by atoms with Crippen molar-refractivity contribution in [3.63, 3.8) is 0 Å². The van der Waals surface area contributed by atoms with Gasteiger partial charge in [0.25, 0.3) is 5.91 Å². The average molecular weight is 773 g/mol. The van der Waals surface area contributed by atoms with Gasteiger partial charge in [0.15, 0.2) is 6.10 Å². The lowest BCUT2D eigenvalue weighted by Gasteiger charge is -2.35. The number of carbonyl (C=O) groups is 4. The summed E-state index contributed by atoms with van der Waals surface area (Å²) in [5.41, 5.74) is 1.08. The number of hydrogen-bond donors (Lipinski definition) is 3. The summed E-state index contributed by atoms with van der Waals surface area (Å²) in [6, 6.07) is 8.10. The third kappa shape index (κ3) is 12.1. The van der Waals surface area contributed by atoms with Gasteiger partial charge in [-0.1, -0.05) is 84.4 Å². The van der Waals surface area contributed by atoms with Crippen LogP contribution in [-0.2, 0) is 39.8 Å². The first-order chi connectivity index (χ1) is 25.6. The Balaban J connectivity index is 1.69. The molecule has 0 aliphatic carbocycles. The van der Waals surface area contributed by atoms with E-state index in [1.54, 1.807) is 29.8 Å². The molecule has 1 fully saturated rings. The number of benzene rings is 1. The number of aliphatic imine (C=N–C) groups is 1. The number of nitrogens with one attached hydrogen (secondary N) is 3. The zero-order chi connectivity index (χ0) is 40.1. The van der Waals surface area contributed by atoms with E-state index < -0.39 is 36.5 Å². The maximum absolute atomic E-state index is 13.9. The second-order valence-corrected chi connectivity index (χ2v) is 16.2. The van der Waals surface area contributed by atoms with E-state index in [4.69, 9.17) is 14.2 Å². The smallest absolute Gasteiger partial charge is 0.252 e. The third-order valence-corrected chi connectivity index (χ3v) is 11.3. The van der Waals surface area contributed by atoms with Crippen molar-refractivity contribution in [2.75, 3.05) is 54.2 Å². The predicted molar refractivity (Wildman–Crippen MR) is 214 cm³/mol. The quantitative estimate of drug-likeness (QED) is 0.170. The molecule has 302 valence electrons. The molecular formula is C40H64N6O7S. The molecule has 54 heavy (non-hydrogen) atoms. The summed E-state index contributed by atoms with van der Waals surface area (Å²) >= 11 is 1.64. The molecule has 4 amide bonds. The monoisotopic (exact) mass is 772 g/mol. The summed E-state index contributed by atoms with van der Waals surface area (Å²) in [4.78, 5) is 62.3. The van der Waals surface area contributed by atoms with Gasteiger partial charge in [0.1, 0.15) is 24.4 Å². The summed E-state index contributed by atoms with van der Waals surface area (Å²) in [5.74, 6) is -0.352. The lowest BCUT2D eigenvalue weighted by molar-refractivity contribution is -0.140. The van der Waals surface area contributed by atoms with Crippen molar-refractivity contribution < 1.29 is 33.4 Å². The van der Waals surface area contributed by atoms with Crippen molar-refractivity contribution >= 4 is 40.4 Å². The van der Waals surface area contributed by atoms with E-state index in [-0.39, 0.29) is 60.0 Å². The van der Waals surface area contributed by atoms with Crippen LogP contribution in [0.2, 0.25) is 0 Å². The van der Waals surface area contributed by atoms with Crippen LogP contribution in [-0.4, -0.2) is 141 Å². The Kier molecular flexibility index (Phi) is 18.1. The van der Waals surface area contributed by atoms with Crippen LogP contribution in [0.5, 0.6) is 0 Å². The molecule has 1 aromatic rings. The van der Waals surface area contributed by atoms with Gasteiger partial charge in [-0.25, -0.2) is 0 Å². The molecule has 1 saturated heterocycles. The largest absolute Gasteiger partial charge is 0.376 e. The van der Waals surface area contributed by atoms with E-state index >= 15 is 0 Å². The second kappa shape index (κ2) is 21.7. The van der Waals surface area contributed by atoms with Gasteiger partial charge in [0.2, 0.25) is 17.7 Å². The molecule has 0 saturated carbocycles. The minimum Gasteiger partial charge on any atom is -0.376 e. The molecule has 3 N–H and O–H groups in total. The van der Waals surface area contributed by atoms with Gasteiger partial charge in [-0.2, -0.15) is 0 Å². The van der Waals surface area contributed by atoms with E-state index in [2.05, 4.69) is 20.9 Å². The lowest BCUT2D eigenvalue weighted by Crippen LogP contribution is -2.57. The topological polar surface area (TPSA) is 151 Å². The zero-order valence-corrected chi connectivity index (χ0v) is 34.9. The van der Waals surface area contributed by atoms with E-state index in [9.17, 15) is 19.2 Å². The number of likely N-dealkylation sites (N-methyl/N-ethyl adjacent to an activating group) is 2. The van der Waals surface area contributed by atoms with Crippen LogP contribution in [0.15, 0.2) is 47.5 Å². The Morgan fingerprint density at radius 1 is 0.981 bits per heavy atom. The molecule has 14 heteroatoms. The van der Waals surface area contributed by atoms with E-state index in [0.717, 1.165) is 22.8 Å². The summed E-state index contributed by atoms with van der Waals surface area (Å²) < 4.78 is 17.7. The minimum absolute atomic E-state index is 0.0220. The fraction of sp³-hybridized carbons (Fsp3) is 0.675. The molecule has 0 bridgehead atoms. The highest BCUT2D eigenvalue weighted by molar-refractivity contribution is 8.14. The van der Waals surface area contributed by atoms with E-state index in [0.29, 0.717) is 13.0 Å². The lowest BCUT2D eigenvalue weighted by atomic mass is 9.94. The highest BCUT2D eigenvalue weighted by Crippen LogP contribution is 2.27. The van der Waals surface area contributed by atoms with Gasteiger partial charge in [-0.15, -0.1) is 11.8 Å². The predicted octanol–water partition coefficient (Wildman–Crippen LogP) is 2.93. The molecular weight excluding hydrogens is 709 g/mol. The van der Waals surface area contributed by atoms with Crippen LogP contribution in [0.3, 0.4) is 0 Å². The molecule has 2 unspecified atom stereocenters. The maximum atomic E-state index is 13.9. The number of amides is 4. The van der Waals surface area contributed by atoms with Crippen molar-refractivity contribution in [2.45, 2.75) is 103 Å². The Morgan fingerprint density at radius 2 is 1.65 bits per heavy atom. The number of carbonyl (C=O) groups excluding carboxylic acids is 4. The Bertz CT molecular complexity index is 1430. The standard InChI is InChI=1S/C40H64N6O7S/c1-12-26(6)29(46(9)40(50)32(24(2)3)44-37(48)33(25(4)5)45(7)8)18-19-31(47)42-23-30-34(51-10)35(52-11)36(53-30)38(49)43-28(39-41-20-21-54-39)22-27-16-14-13-15-17-27/h13-19,24-26,28-30,32-36H,12,20-23H2,1-11H3,(H,42,47)(H,43,49)(H,44,48)/b19-18+/t26-,28-,29?,30?,32-,33-,34+,35-,36+/m0/s1. The molecule has 2 heterocycles. The van der Waals surface area contributed by atoms with Crippen LogP contribution in [0.4, 0.5) is 0 Å². The first-order valence-electron chi connectivity index (χ1n) is 19.1. The highest BCUT2D eigenvalue weighted by atomic mass is 32.2. The number of rotatable bonds is 20. The highest BCUT2D eigenvalue weighted by Gasteiger charge is 2.49. The number of thioether (sulfide) groups is 1. The summed E-state index contributed by atoms with van der Waals surface area (Å²) in [6.07, 6.45) is 1.53. The minimum atomic E-state index is -0.972. The Labute approximate surface area is 326 Å². The van der Waals surface area contributed by atoms with Crippen LogP contribution in [0.1, 0.15) is 53.5 Å². The second-order valence-electron chi connectivity index (χ2n) is 15.1. The fourth-order valence-corrected chi connectivity index (χ4v) is 8.07. The summed E-state index contributed by atoms with van der Waals surface area (Å²) in [7, 11) is 8.45. The van der Waals surface area contributed by atoms with Gasteiger partial charge in [-0.3, -0.25) is 29.1 Å². The maximum Gasteiger partial charge on any atom is 0.252 e. The van der Waals surface area contributed by atoms with E-state index in [1.807, 2.05) is 90.9 Å².